The molecule has 1 aromatic carbocycles. The highest BCUT2D eigenvalue weighted by Crippen LogP contribution is 2.34. The Labute approximate surface area is 141 Å². The molecule has 1 atom stereocenters. The molecule has 0 saturated carbocycles. The number of hydrogen-bond donors (Lipinski definition) is 1. The molecule has 1 saturated heterocycles. The maximum atomic E-state index is 12.4. The second-order valence-corrected chi connectivity index (χ2v) is 6.84. The molecule has 1 aliphatic carbocycles. The number of nitrogens with one attached hydrogen (secondary N) is 1. The van der Waals surface area contributed by atoms with Crippen LogP contribution in [0.4, 0.5) is 4.79 Å². The first-order valence-corrected chi connectivity index (χ1v) is 8.74. The van der Waals surface area contributed by atoms with Crippen LogP contribution in [0.1, 0.15) is 29.9 Å². The second kappa shape index (κ2) is 6.63. The summed E-state index contributed by atoms with van der Waals surface area (Å²) in [6, 6.07) is 8.58. The molecule has 0 spiro atoms. The van der Waals surface area contributed by atoms with Crippen LogP contribution in [-0.4, -0.2) is 45.6 Å². The highest BCUT2D eigenvalue weighted by Gasteiger charge is 2.27. The van der Waals surface area contributed by atoms with Crippen molar-refractivity contribution in [1.82, 2.24) is 25.2 Å². The van der Waals surface area contributed by atoms with E-state index < -0.39 is 0 Å². The van der Waals surface area contributed by atoms with E-state index in [0.717, 1.165) is 45.4 Å². The van der Waals surface area contributed by atoms with E-state index in [1.165, 1.54) is 11.1 Å². The smallest absolute Gasteiger partial charge is 0.317 e. The van der Waals surface area contributed by atoms with Gasteiger partial charge in [-0.15, -0.1) is 5.10 Å². The van der Waals surface area contributed by atoms with E-state index in [0.29, 0.717) is 11.8 Å². The normalized spacial score (nSPS) is 20.3. The van der Waals surface area contributed by atoms with E-state index in [4.69, 9.17) is 0 Å². The largest absolute Gasteiger partial charge is 0.337 e. The number of nitrogens with zero attached hydrogens (tertiary/aromatic N) is 4. The minimum Gasteiger partial charge on any atom is -0.337 e. The first kappa shape index (κ1) is 15.2. The minimum atomic E-state index is 0.0820. The number of carbonyl (C=O) groups is 1. The van der Waals surface area contributed by atoms with Crippen LogP contribution in [0.2, 0.25) is 0 Å². The molecule has 2 heterocycles. The average Bonchev–Trinajstić information content (AvgIpc) is 3.09. The molecular weight excluding hydrogens is 302 g/mol. The number of urea groups is 1. The Bertz CT molecular complexity index is 691. The molecule has 1 aliphatic heterocycles. The lowest BCUT2D eigenvalue weighted by atomic mass is 9.78. The molecule has 0 bridgehead atoms. The average molecular weight is 325 g/mol. The Morgan fingerprint density at radius 1 is 1.25 bits per heavy atom. The predicted octanol–water partition coefficient (Wildman–Crippen LogP) is 2.04. The third kappa shape index (κ3) is 3.13. The molecule has 6 heteroatoms. The van der Waals surface area contributed by atoms with Gasteiger partial charge in [0.2, 0.25) is 0 Å². The molecule has 2 aromatic rings. The molecule has 4 rings (SSSR count). The van der Waals surface area contributed by atoms with E-state index in [1.54, 1.807) is 6.20 Å². The number of likely N-dealkylation sites (tertiary alicyclic amines) is 1. The summed E-state index contributed by atoms with van der Waals surface area (Å²) in [5.41, 5.74) is 2.81. The fourth-order valence-electron chi connectivity index (χ4n) is 3.78. The molecule has 1 N–H and O–H groups in total. The van der Waals surface area contributed by atoms with E-state index in [9.17, 15) is 4.79 Å². The van der Waals surface area contributed by atoms with Crippen molar-refractivity contribution >= 4 is 6.03 Å². The zero-order valence-corrected chi connectivity index (χ0v) is 13.8. The van der Waals surface area contributed by atoms with Gasteiger partial charge < -0.3 is 10.2 Å². The lowest BCUT2D eigenvalue weighted by Gasteiger charge is -2.34. The van der Waals surface area contributed by atoms with Gasteiger partial charge in [-0.25, -0.2) is 4.79 Å². The van der Waals surface area contributed by atoms with E-state index >= 15 is 0 Å². The first-order chi connectivity index (χ1) is 11.8. The Balaban J connectivity index is 1.21. The van der Waals surface area contributed by atoms with Gasteiger partial charge in [-0.2, -0.15) is 0 Å². The van der Waals surface area contributed by atoms with Gasteiger partial charge in [-0.1, -0.05) is 29.5 Å². The van der Waals surface area contributed by atoms with Crippen molar-refractivity contribution < 1.29 is 4.79 Å². The van der Waals surface area contributed by atoms with Gasteiger partial charge >= 0.3 is 6.03 Å². The topological polar surface area (TPSA) is 63.1 Å². The standard InChI is InChI=1S/C18H23N5O/c24-18(19-12-16-11-15-3-1-2-4-17(15)16)22-8-5-14(6-9-22)13-23-10-7-20-21-23/h1-4,7,10,14,16H,5-6,8-9,11-13H2,(H,19,24)/t16-/m1/s1. The third-order valence-corrected chi connectivity index (χ3v) is 5.28. The first-order valence-electron chi connectivity index (χ1n) is 8.74. The van der Waals surface area contributed by atoms with Crippen LogP contribution in [0, 0.1) is 5.92 Å². The van der Waals surface area contributed by atoms with Crippen molar-refractivity contribution in [1.29, 1.82) is 0 Å². The van der Waals surface area contributed by atoms with Crippen molar-refractivity contribution in [3.63, 3.8) is 0 Å². The monoisotopic (exact) mass is 325 g/mol. The fourth-order valence-corrected chi connectivity index (χ4v) is 3.78. The lowest BCUT2D eigenvalue weighted by molar-refractivity contribution is 0.163. The Kier molecular flexibility index (Phi) is 4.19. The molecule has 1 aromatic heterocycles. The number of hydrogen-bond acceptors (Lipinski definition) is 3. The predicted molar refractivity (Wildman–Crippen MR) is 90.6 cm³/mol. The summed E-state index contributed by atoms with van der Waals surface area (Å²) >= 11 is 0. The molecular formula is C18H23N5O. The molecule has 1 fully saturated rings. The number of rotatable bonds is 4. The molecule has 2 aliphatic rings. The van der Waals surface area contributed by atoms with Crippen LogP contribution in [0.3, 0.4) is 0 Å². The van der Waals surface area contributed by atoms with Gasteiger partial charge in [0.15, 0.2) is 0 Å². The van der Waals surface area contributed by atoms with Crippen molar-refractivity contribution in [2.75, 3.05) is 19.6 Å². The van der Waals surface area contributed by atoms with Gasteiger partial charge in [0.1, 0.15) is 0 Å². The Morgan fingerprint density at radius 3 is 2.83 bits per heavy atom. The van der Waals surface area contributed by atoms with Crippen molar-refractivity contribution in [2.24, 2.45) is 5.92 Å². The summed E-state index contributed by atoms with van der Waals surface area (Å²) in [4.78, 5) is 14.3. The number of carbonyl (C=O) groups excluding carboxylic acids is 1. The van der Waals surface area contributed by atoms with Crippen LogP contribution in [0.5, 0.6) is 0 Å². The SMILES string of the molecule is O=C(NC[C@H]1Cc2ccccc21)N1CCC(Cn2ccnn2)CC1. The highest BCUT2D eigenvalue weighted by atomic mass is 16.2. The minimum absolute atomic E-state index is 0.0820. The summed E-state index contributed by atoms with van der Waals surface area (Å²) in [5.74, 6) is 1.06. The summed E-state index contributed by atoms with van der Waals surface area (Å²) in [5, 5.41) is 11.0. The van der Waals surface area contributed by atoms with Crippen LogP contribution in [0.15, 0.2) is 36.7 Å². The third-order valence-electron chi connectivity index (χ3n) is 5.28. The lowest BCUT2D eigenvalue weighted by Crippen LogP contribution is -2.46. The van der Waals surface area contributed by atoms with Crippen LogP contribution in [0.25, 0.3) is 0 Å². The van der Waals surface area contributed by atoms with Crippen LogP contribution >= 0.6 is 0 Å². The molecule has 24 heavy (non-hydrogen) atoms. The molecule has 0 radical (unpaired) electrons. The summed E-state index contributed by atoms with van der Waals surface area (Å²) in [6.45, 7) is 3.29. The Morgan fingerprint density at radius 2 is 2.08 bits per heavy atom. The van der Waals surface area contributed by atoms with Gasteiger partial charge in [-0.05, 0) is 36.3 Å². The quantitative estimate of drug-likeness (QED) is 0.936. The molecule has 6 nitrogen and oxygen atoms in total. The zero-order chi connectivity index (χ0) is 16.4. The fraction of sp³-hybridized carbons (Fsp3) is 0.500. The van der Waals surface area contributed by atoms with E-state index in [-0.39, 0.29) is 6.03 Å². The molecule has 2 amide bonds. The van der Waals surface area contributed by atoms with E-state index in [2.05, 4.69) is 39.9 Å². The number of amides is 2. The number of benzene rings is 1. The summed E-state index contributed by atoms with van der Waals surface area (Å²) in [7, 11) is 0. The van der Waals surface area contributed by atoms with Crippen molar-refractivity contribution in [2.45, 2.75) is 31.7 Å². The molecule has 0 unspecified atom stereocenters. The van der Waals surface area contributed by atoms with Gasteiger partial charge in [0, 0.05) is 38.3 Å². The number of fused-ring (bicyclic) bond motifs is 1. The summed E-state index contributed by atoms with van der Waals surface area (Å²) in [6.07, 6.45) is 6.74. The van der Waals surface area contributed by atoms with Crippen molar-refractivity contribution in [3.8, 4) is 0 Å². The summed E-state index contributed by atoms with van der Waals surface area (Å²) < 4.78 is 1.88. The van der Waals surface area contributed by atoms with Crippen molar-refractivity contribution in [3.05, 3.63) is 47.8 Å². The second-order valence-electron chi connectivity index (χ2n) is 6.84. The maximum absolute atomic E-state index is 12.4. The van der Waals surface area contributed by atoms with Gasteiger partial charge in [-0.3, -0.25) is 4.68 Å². The number of aromatic nitrogens is 3. The molecule has 126 valence electrons. The Hall–Kier alpha value is -2.37. The van der Waals surface area contributed by atoms with Crippen LogP contribution < -0.4 is 5.32 Å². The van der Waals surface area contributed by atoms with Gasteiger partial charge in [0.25, 0.3) is 0 Å². The number of piperidine rings is 1. The van der Waals surface area contributed by atoms with Gasteiger partial charge in [0.05, 0.1) is 6.20 Å². The van der Waals surface area contributed by atoms with E-state index in [1.807, 2.05) is 15.8 Å². The highest BCUT2D eigenvalue weighted by molar-refractivity contribution is 5.74. The maximum Gasteiger partial charge on any atom is 0.317 e. The van der Waals surface area contributed by atoms with Crippen LogP contribution in [-0.2, 0) is 13.0 Å². The zero-order valence-electron chi connectivity index (χ0n) is 13.8.